The highest BCUT2D eigenvalue weighted by atomic mass is 16.6. The Morgan fingerprint density at radius 3 is 1.14 bits per heavy atom. The van der Waals surface area contributed by atoms with E-state index in [1.54, 1.807) is 0 Å². The lowest BCUT2D eigenvalue weighted by atomic mass is 10.0. The van der Waals surface area contributed by atoms with Crippen molar-refractivity contribution in [2.45, 2.75) is 63.6 Å². The monoisotopic (exact) mass is 310 g/mol. The summed E-state index contributed by atoms with van der Waals surface area (Å²) < 4.78 is 9.91. The summed E-state index contributed by atoms with van der Waals surface area (Å²) in [4.78, 5) is 46.2. The molecule has 2 fully saturated rings. The molecule has 2 heterocycles. The Hall–Kier alpha value is -1.40. The van der Waals surface area contributed by atoms with Crippen LogP contribution in [0.3, 0.4) is 0 Å². The van der Waals surface area contributed by atoms with Gasteiger partial charge in [0.1, 0.15) is 23.1 Å². The van der Waals surface area contributed by atoms with Crippen molar-refractivity contribution in [1.29, 1.82) is 0 Å². The molecule has 22 heavy (non-hydrogen) atoms. The summed E-state index contributed by atoms with van der Waals surface area (Å²) in [5.41, 5.74) is 0. The quantitative estimate of drug-likeness (QED) is 0.474. The van der Waals surface area contributed by atoms with E-state index in [1.165, 1.54) is 0 Å². The number of hydrogen-bond donors (Lipinski definition) is 0. The molecule has 6 heteroatoms. The summed E-state index contributed by atoms with van der Waals surface area (Å²) in [5, 5.41) is 0. The molecule has 2 saturated heterocycles. The SMILES string of the molecule is O=C(CCC(=O)CCC(=O)CC1CO1)CCC(=O)CC1CO1. The lowest BCUT2D eigenvalue weighted by Crippen LogP contribution is -2.10. The second-order valence-corrected chi connectivity index (χ2v) is 5.97. The Balaban J connectivity index is 1.48. The summed E-state index contributed by atoms with van der Waals surface area (Å²) >= 11 is 0. The van der Waals surface area contributed by atoms with Gasteiger partial charge in [-0.1, -0.05) is 0 Å². The molecular weight excluding hydrogens is 288 g/mol. The van der Waals surface area contributed by atoms with Crippen LogP contribution < -0.4 is 0 Å². The smallest absolute Gasteiger partial charge is 0.136 e. The summed E-state index contributed by atoms with van der Waals surface area (Å²) in [6, 6.07) is 0. The molecule has 0 radical (unpaired) electrons. The fraction of sp³-hybridized carbons (Fsp3) is 0.750. The van der Waals surface area contributed by atoms with E-state index < -0.39 is 0 Å². The second kappa shape index (κ2) is 8.29. The van der Waals surface area contributed by atoms with Crippen LogP contribution in [0, 0.1) is 0 Å². The number of carbonyl (C=O) groups is 4. The van der Waals surface area contributed by atoms with Crippen LogP contribution in [0.2, 0.25) is 0 Å². The normalized spacial score (nSPS) is 22.2. The second-order valence-electron chi connectivity index (χ2n) is 5.97. The average Bonchev–Trinajstić information content (AvgIpc) is 3.37. The van der Waals surface area contributed by atoms with E-state index in [-0.39, 0.29) is 73.9 Å². The van der Waals surface area contributed by atoms with Gasteiger partial charge in [-0.2, -0.15) is 0 Å². The molecule has 0 aromatic heterocycles. The van der Waals surface area contributed by atoms with Gasteiger partial charge in [-0.15, -0.1) is 0 Å². The van der Waals surface area contributed by atoms with E-state index in [0.717, 1.165) is 0 Å². The van der Waals surface area contributed by atoms with Crippen LogP contribution in [-0.2, 0) is 28.7 Å². The van der Waals surface area contributed by atoms with Gasteiger partial charge in [0.05, 0.1) is 25.4 Å². The van der Waals surface area contributed by atoms with Crippen molar-refractivity contribution in [3.05, 3.63) is 0 Å². The van der Waals surface area contributed by atoms with Gasteiger partial charge in [0.2, 0.25) is 0 Å². The molecule has 0 N–H and O–H groups in total. The Morgan fingerprint density at radius 2 is 0.864 bits per heavy atom. The largest absolute Gasteiger partial charge is 0.373 e. The topological polar surface area (TPSA) is 93.3 Å². The number of Topliss-reactive ketones (excluding diaryl/α,β-unsaturated/α-hetero) is 4. The highest BCUT2D eigenvalue weighted by Crippen LogP contribution is 2.16. The first kappa shape index (κ1) is 17.0. The first-order chi connectivity index (χ1) is 10.5. The van der Waals surface area contributed by atoms with Gasteiger partial charge in [-0.3, -0.25) is 19.2 Å². The van der Waals surface area contributed by atoms with Crippen molar-refractivity contribution < 1.29 is 28.7 Å². The van der Waals surface area contributed by atoms with Gasteiger partial charge in [0.15, 0.2) is 0 Å². The molecule has 0 aliphatic carbocycles. The average molecular weight is 310 g/mol. The lowest BCUT2D eigenvalue weighted by molar-refractivity contribution is -0.127. The fourth-order valence-corrected chi connectivity index (χ4v) is 2.17. The van der Waals surface area contributed by atoms with Crippen LogP contribution in [0.5, 0.6) is 0 Å². The van der Waals surface area contributed by atoms with Crippen molar-refractivity contribution >= 4 is 23.1 Å². The molecule has 0 amide bonds. The summed E-state index contributed by atoms with van der Waals surface area (Å²) in [6.07, 6.45) is 2.05. The van der Waals surface area contributed by atoms with Crippen molar-refractivity contribution in [2.75, 3.05) is 13.2 Å². The summed E-state index contributed by atoms with van der Waals surface area (Å²) in [6.45, 7) is 1.28. The standard InChI is InChI=1S/C16H22O6/c17-11(3-5-13(19)7-15-9-21-15)1-2-12(18)4-6-14(20)8-16-10-22-16/h15-16H,1-10H2. The number of ketones is 4. The van der Waals surface area contributed by atoms with E-state index >= 15 is 0 Å². The van der Waals surface area contributed by atoms with Crippen molar-refractivity contribution in [1.82, 2.24) is 0 Å². The van der Waals surface area contributed by atoms with Crippen LogP contribution >= 0.6 is 0 Å². The van der Waals surface area contributed by atoms with Gasteiger partial charge in [0.25, 0.3) is 0 Å². The van der Waals surface area contributed by atoms with Crippen molar-refractivity contribution in [2.24, 2.45) is 0 Å². The fourth-order valence-electron chi connectivity index (χ4n) is 2.17. The highest BCUT2D eigenvalue weighted by molar-refractivity contribution is 5.90. The van der Waals surface area contributed by atoms with Crippen LogP contribution in [-0.4, -0.2) is 48.6 Å². The molecule has 0 aromatic carbocycles. The van der Waals surface area contributed by atoms with Gasteiger partial charge in [0, 0.05) is 51.4 Å². The predicted octanol–water partition coefficient (Wildman–Crippen LogP) is 1.18. The Bertz CT molecular complexity index is 406. The van der Waals surface area contributed by atoms with E-state index in [2.05, 4.69) is 0 Å². The third-order valence-electron chi connectivity index (χ3n) is 3.76. The highest BCUT2D eigenvalue weighted by Gasteiger charge is 2.26. The zero-order valence-corrected chi connectivity index (χ0v) is 12.7. The molecule has 2 aliphatic heterocycles. The third-order valence-corrected chi connectivity index (χ3v) is 3.76. The number of carbonyl (C=O) groups excluding carboxylic acids is 4. The molecule has 2 aliphatic rings. The zero-order valence-electron chi connectivity index (χ0n) is 12.7. The maximum atomic E-state index is 11.6. The van der Waals surface area contributed by atoms with Gasteiger partial charge in [-0.25, -0.2) is 0 Å². The first-order valence-electron chi connectivity index (χ1n) is 7.83. The Kier molecular flexibility index (Phi) is 6.39. The minimum Gasteiger partial charge on any atom is -0.373 e. The van der Waals surface area contributed by atoms with Crippen LogP contribution in [0.25, 0.3) is 0 Å². The molecule has 0 bridgehead atoms. The van der Waals surface area contributed by atoms with Crippen molar-refractivity contribution in [3.8, 4) is 0 Å². The maximum absolute atomic E-state index is 11.6. The molecule has 2 atom stereocenters. The summed E-state index contributed by atoms with van der Waals surface area (Å²) in [7, 11) is 0. The van der Waals surface area contributed by atoms with Gasteiger partial charge < -0.3 is 9.47 Å². The molecular formula is C16H22O6. The number of hydrogen-bond acceptors (Lipinski definition) is 6. The third kappa shape index (κ3) is 7.56. The first-order valence-corrected chi connectivity index (χ1v) is 7.83. The van der Waals surface area contributed by atoms with E-state index in [4.69, 9.17) is 9.47 Å². The Morgan fingerprint density at radius 1 is 0.591 bits per heavy atom. The number of epoxide rings is 2. The van der Waals surface area contributed by atoms with E-state index in [0.29, 0.717) is 26.1 Å². The van der Waals surface area contributed by atoms with E-state index in [1.807, 2.05) is 0 Å². The van der Waals surface area contributed by atoms with Crippen LogP contribution in [0.4, 0.5) is 0 Å². The van der Waals surface area contributed by atoms with Crippen LogP contribution in [0.1, 0.15) is 51.4 Å². The molecule has 0 saturated carbocycles. The molecule has 2 unspecified atom stereocenters. The predicted molar refractivity (Wildman–Crippen MR) is 76.4 cm³/mol. The van der Waals surface area contributed by atoms with Gasteiger partial charge >= 0.3 is 0 Å². The summed E-state index contributed by atoms with van der Waals surface area (Å²) in [5.74, 6) is -0.0719. The van der Waals surface area contributed by atoms with Crippen LogP contribution in [0.15, 0.2) is 0 Å². The number of rotatable bonds is 13. The Labute approximate surface area is 129 Å². The molecule has 0 spiro atoms. The minimum absolute atomic E-state index is 0.0371. The molecule has 2 rings (SSSR count). The minimum atomic E-state index is -0.0730. The number of ether oxygens (including phenoxy) is 2. The maximum Gasteiger partial charge on any atom is 0.136 e. The van der Waals surface area contributed by atoms with Gasteiger partial charge in [-0.05, 0) is 0 Å². The lowest BCUT2D eigenvalue weighted by Gasteiger charge is -2.01. The van der Waals surface area contributed by atoms with Crippen molar-refractivity contribution in [3.63, 3.8) is 0 Å². The molecule has 6 nitrogen and oxygen atoms in total. The zero-order chi connectivity index (χ0) is 15.9. The molecule has 122 valence electrons. The molecule has 0 aromatic rings. The van der Waals surface area contributed by atoms with E-state index in [9.17, 15) is 19.2 Å².